The molecular formula is C63H40N4O. The molecule has 0 unspecified atom stereocenters. The van der Waals surface area contributed by atoms with Crippen LogP contribution in [-0.2, 0) is 0 Å². The summed E-state index contributed by atoms with van der Waals surface area (Å²) in [4.78, 5) is 15.9. The van der Waals surface area contributed by atoms with E-state index in [9.17, 15) is 0 Å². The van der Waals surface area contributed by atoms with E-state index in [1.165, 1.54) is 5.39 Å². The molecule has 0 aliphatic carbocycles. The number of aromatic nitrogens is 4. The molecule has 0 spiro atoms. The van der Waals surface area contributed by atoms with Gasteiger partial charge in [-0.3, -0.25) is 0 Å². The largest absolute Gasteiger partial charge is 0.456 e. The summed E-state index contributed by atoms with van der Waals surface area (Å²) < 4.78 is 9.21. The van der Waals surface area contributed by atoms with Gasteiger partial charge >= 0.3 is 0 Å². The first kappa shape index (κ1) is 39.2. The fourth-order valence-corrected chi connectivity index (χ4v) is 10.00. The maximum atomic E-state index is 6.88. The number of hydrogen-bond donors (Lipinski definition) is 0. The molecule has 0 aliphatic rings. The average Bonchev–Trinajstić information content (AvgIpc) is 3.95. The Hall–Kier alpha value is -9.19. The molecule has 0 fully saturated rings. The van der Waals surface area contributed by atoms with E-state index in [-0.39, 0.29) is 0 Å². The molecule has 0 atom stereocenters. The smallest absolute Gasteiger partial charge is 0.164 e. The van der Waals surface area contributed by atoms with Gasteiger partial charge < -0.3 is 8.98 Å². The fourth-order valence-electron chi connectivity index (χ4n) is 10.00. The molecule has 3 heterocycles. The molecule has 5 heteroatoms. The van der Waals surface area contributed by atoms with Crippen molar-refractivity contribution >= 4 is 43.7 Å². The van der Waals surface area contributed by atoms with Crippen molar-refractivity contribution in [2.45, 2.75) is 0 Å². The van der Waals surface area contributed by atoms with Gasteiger partial charge in [0.15, 0.2) is 17.5 Å². The van der Waals surface area contributed by atoms with Crippen molar-refractivity contribution < 1.29 is 4.42 Å². The fraction of sp³-hybridized carbons (Fsp3) is 0. The first-order chi connectivity index (χ1) is 33.7. The van der Waals surface area contributed by atoms with E-state index in [1.54, 1.807) is 0 Å². The first-order valence-corrected chi connectivity index (χ1v) is 22.9. The maximum absolute atomic E-state index is 6.88. The summed E-state index contributed by atoms with van der Waals surface area (Å²) in [6.45, 7) is 0. The third-order valence-corrected chi connectivity index (χ3v) is 13.1. The van der Waals surface area contributed by atoms with Crippen LogP contribution in [0.25, 0.3) is 128 Å². The molecule has 13 aromatic rings. The Bertz CT molecular complexity index is 3880. The van der Waals surface area contributed by atoms with Crippen molar-refractivity contribution in [3.8, 4) is 84.4 Å². The lowest BCUT2D eigenvalue weighted by molar-refractivity contribution is 0.669. The van der Waals surface area contributed by atoms with E-state index in [2.05, 4.69) is 211 Å². The zero-order chi connectivity index (χ0) is 45.0. The molecule has 0 radical (unpaired) electrons. The van der Waals surface area contributed by atoms with Gasteiger partial charge in [-0.2, -0.15) is 0 Å². The Balaban J connectivity index is 1.11. The second-order valence-electron chi connectivity index (χ2n) is 17.1. The molecule has 318 valence electrons. The topological polar surface area (TPSA) is 56.7 Å². The monoisotopic (exact) mass is 868 g/mol. The molecule has 0 saturated heterocycles. The van der Waals surface area contributed by atoms with Crippen molar-refractivity contribution in [2.75, 3.05) is 0 Å². The first-order valence-electron chi connectivity index (χ1n) is 22.9. The van der Waals surface area contributed by atoms with Crippen LogP contribution >= 0.6 is 0 Å². The zero-order valence-corrected chi connectivity index (χ0v) is 36.8. The minimum atomic E-state index is 0.575. The Labute approximate surface area is 392 Å². The molecular weight excluding hydrogens is 829 g/mol. The Morgan fingerprint density at radius 2 is 0.824 bits per heavy atom. The Morgan fingerprint density at radius 3 is 1.46 bits per heavy atom. The average molecular weight is 869 g/mol. The van der Waals surface area contributed by atoms with Gasteiger partial charge in [0.2, 0.25) is 0 Å². The lowest BCUT2D eigenvalue weighted by Gasteiger charge is -2.19. The summed E-state index contributed by atoms with van der Waals surface area (Å²) in [5.74, 6) is 1.78. The van der Waals surface area contributed by atoms with Gasteiger partial charge in [-0.05, 0) is 80.9 Å². The highest BCUT2D eigenvalue weighted by molar-refractivity contribution is 6.20. The molecule has 3 aromatic heterocycles. The minimum absolute atomic E-state index is 0.575. The molecule has 0 N–H and O–H groups in total. The SMILES string of the molecule is c1ccc(-c2nc(-c3ccccc3)nc(-c3cc(-c4c(-c5ccccc5)cccc4-c4ccccc4)ccc3-c3cccc4oc5cc6c(cc5c34)c3ccccc3n6-c3ccccc3)n2)cc1. The van der Waals surface area contributed by atoms with Gasteiger partial charge in [-0.1, -0.05) is 200 Å². The van der Waals surface area contributed by atoms with Crippen LogP contribution in [0.2, 0.25) is 0 Å². The second-order valence-corrected chi connectivity index (χ2v) is 17.1. The summed E-state index contributed by atoms with van der Waals surface area (Å²) in [5.41, 5.74) is 16.4. The summed E-state index contributed by atoms with van der Waals surface area (Å²) in [6, 6.07) is 85.2. The predicted molar refractivity (Wildman–Crippen MR) is 279 cm³/mol. The summed E-state index contributed by atoms with van der Waals surface area (Å²) in [5, 5.41) is 4.42. The molecule has 0 saturated carbocycles. The van der Waals surface area contributed by atoms with E-state index in [4.69, 9.17) is 19.4 Å². The van der Waals surface area contributed by atoms with Gasteiger partial charge in [-0.25, -0.2) is 15.0 Å². The van der Waals surface area contributed by atoms with Crippen molar-refractivity contribution in [2.24, 2.45) is 0 Å². The highest BCUT2D eigenvalue weighted by atomic mass is 16.3. The lowest BCUT2D eigenvalue weighted by atomic mass is 9.85. The normalized spacial score (nSPS) is 11.5. The van der Waals surface area contributed by atoms with Gasteiger partial charge in [0.1, 0.15) is 11.2 Å². The van der Waals surface area contributed by atoms with Crippen LogP contribution in [0.1, 0.15) is 0 Å². The molecule has 0 amide bonds. The van der Waals surface area contributed by atoms with Gasteiger partial charge in [0.05, 0.1) is 11.0 Å². The number of benzene rings is 10. The number of furan rings is 1. The number of para-hydroxylation sites is 2. The molecule has 10 aromatic carbocycles. The van der Waals surface area contributed by atoms with Crippen LogP contribution in [0.15, 0.2) is 247 Å². The predicted octanol–water partition coefficient (Wildman–Crippen LogP) is 16.5. The number of hydrogen-bond acceptors (Lipinski definition) is 4. The zero-order valence-electron chi connectivity index (χ0n) is 36.8. The van der Waals surface area contributed by atoms with E-state index in [0.717, 1.165) is 105 Å². The number of rotatable bonds is 8. The Morgan fingerprint density at radius 1 is 0.294 bits per heavy atom. The number of nitrogens with zero attached hydrogens (tertiary/aromatic N) is 4. The van der Waals surface area contributed by atoms with Crippen molar-refractivity contribution in [3.05, 3.63) is 243 Å². The van der Waals surface area contributed by atoms with Crippen LogP contribution in [0.4, 0.5) is 0 Å². The summed E-state index contributed by atoms with van der Waals surface area (Å²) in [7, 11) is 0. The third kappa shape index (κ3) is 6.68. The van der Waals surface area contributed by atoms with Gasteiger partial charge in [0, 0.05) is 50.0 Å². The van der Waals surface area contributed by atoms with Crippen LogP contribution in [0.3, 0.4) is 0 Å². The second kappa shape index (κ2) is 16.4. The van der Waals surface area contributed by atoms with E-state index in [0.29, 0.717) is 17.5 Å². The lowest BCUT2D eigenvalue weighted by Crippen LogP contribution is -2.01. The van der Waals surface area contributed by atoms with Crippen LogP contribution < -0.4 is 0 Å². The van der Waals surface area contributed by atoms with Crippen LogP contribution in [-0.4, -0.2) is 19.5 Å². The highest BCUT2D eigenvalue weighted by Gasteiger charge is 2.24. The third-order valence-electron chi connectivity index (χ3n) is 13.1. The Kier molecular flexibility index (Phi) is 9.43. The van der Waals surface area contributed by atoms with E-state index in [1.807, 2.05) is 36.4 Å². The highest BCUT2D eigenvalue weighted by Crippen LogP contribution is 2.47. The van der Waals surface area contributed by atoms with Crippen molar-refractivity contribution in [1.29, 1.82) is 0 Å². The van der Waals surface area contributed by atoms with Gasteiger partial charge in [-0.15, -0.1) is 0 Å². The number of fused-ring (bicyclic) bond motifs is 6. The van der Waals surface area contributed by atoms with E-state index < -0.39 is 0 Å². The maximum Gasteiger partial charge on any atom is 0.164 e. The molecule has 13 rings (SSSR count). The molecule has 5 nitrogen and oxygen atoms in total. The van der Waals surface area contributed by atoms with Crippen LogP contribution in [0, 0.1) is 0 Å². The quantitative estimate of drug-likeness (QED) is 0.153. The molecule has 0 bridgehead atoms. The molecule has 0 aliphatic heterocycles. The van der Waals surface area contributed by atoms with Crippen molar-refractivity contribution in [1.82, 2.24) is 19.5 Å². The summed E-state index contributed by atoms with van der Waals surface area (Å²) >= 11 is 0. The van der Waals surface area contributed by atoms with E-state index >= 15 is 0 Å². The van der Waals surface area contributed by atoms with Gasteiger partial charge in [0.25, 0.3) is 0 Å². The molecule has 68 heavy (non-hydrogen) atoms. The standard InChI is InChI=1S/C63H40N4O/c1-6-20-41(21-7-1)47-31-18-32-48(42-22-8-2-9-23-42)59(47)45-36-37-49(53(38-45)63-65-61(43-24-10-3-11-25-43)64-62(66-63)44-26-12-4-13-27-44)51-33-19-35-57-60(51)54-39-52-50-30-16-17-34-55(50)67(46-28-14-5-15-29-46)56(52)40-58(54)68-57/h1-40H. The summed E-state index contributed by atoms with van der Waals surface area (Å²) in [6.07, 6.45) is 0. The minimum Gasteiger partial charge on any atom is -0.456 e. The van der Waals surface area contributed by atoms with Crippen LogP contribution in [0.5, 0.6) is 0 Å². The van der Waals surface area contributed by atoms with Crippen molar-refractivity contribution in [3.63, 3.8) is 0 Å².